The van der Waals surface area contributed by atoms with Gasteiger partial charge in [0.25, 0.3) is 0 Å². The number of rotatable bonds is 3. The number of hydrogen-bond donors (Lipinski definition) is 2. The fourth-order valence-electron chi connectivity index (χ4n) is 1.66. The molecule has 1 aliphatic rings. The van der Waals surface area contributed by atoms with Crippen molar-refractivity contribution in [2.45, 2.75) is 64.8 Å². The number of hydrogen-bond acceptors (Lipinski definition) is 4. The van der Waals surface area contributed by atoms with E-state index in [0.717, 1.165) is 6.42 Å². The Morgan fingerprint density at radius 1 is 1.31 bits per heavy atom. The van der Waals surface area contributed by atoms with Gasteiger partial charge in [0.15, 0.2) is 0 Å². The Bertz CT molecular complexity index is 249. The van der Waals surface area contributed by atoms with E-state index in [1.807, 2.05) is 20.8 Å². The molecule has 0 aromatic rings. The minimum absolute atomic E-state index is 0.219. The topological polar surface area (TPSA) is 66.8 Å². The summed E-state index contributed by atoms with van der Waals surface area (Å²) in [6, 6.07) is 0. The molecule has 3 atom stereocenters. The standard InChI is InChI=1S/C12H22O4/c1-4-12(2,3)11(15)16-8-5-6-9(13)10(14)7-8/h8-10,13-14H,4-7H2,1-3H3. The first-order valence-electron chi connectivity index (χ1n) is 5.94. The van der Waals surface area contributed by atoms with Crippen LogP contribution in [0.2, 0.25) is 0 Å². The van der Waals surface area contributed by atoms with Crippen molar-refractivity contribution >= 4 is 5.97 Å². The highest BCUT2D eigenvalue weighted by atomic mass is 16.5. The van der Waals surface area contributed by atoms with Crippen molar-refractivity contribution in [3.63, 3.8) is 0 Å². The third kappa shape index (κ3) is 3.19. The maximum atomic E-state index is 11.8. The molecule has 0 bridgehead atoms. The zero-order valence-corrected chi connectivity index (χ0v) is 10.3. The largest absolute Gasteiger partial charge is 0.462 e. The summed E-state index contributed by atoms with van der Waals surface area (Å²) in [5, 5.41) is 18.8. The summed E-state index contributed by atoms with van der Waals surface area (Å²) >= 11 is 0. The lowest BCUT2D eigenvalue weighted by atomic mass is 9.89. The lowest BCUT2D eigenvalue weighted by Crippen LogP contribution is -2.39. The van der Waals surface area contributed by atoms with Gasteiger partial charge in [-0.1, -0.05) is 6.92 Å². The molecule has 0 saturated heterocycles. The van der Waals surface area contributed by atoms with E-state index in [2.05, 4.69) is 0 Å². The summed E-state index contributed by atoms with van der Waals surface area (Å²) in [5.74, 6) is -0.219. The first kappa shape index (κ1) is 13.5. The Kier molecular flexibility index (Phi) is 4.33. The Hall–Kier alpha value is -0.610. The summed E-state index contributed by atoms with van der Waals surface area (Å²) in [7, 11) is 0. The van der Waals surface area contributed by atoms with Crippen molar-refractivity contribution in [2.75, 3.05) is 0 Å². The number of aliphatic hydroxyl groups is 2. The SMILES string of the molecule is CCC(C)(C)C(=O)OC1CCC(O)C(O)C1. The van der Waals surface area contributed by atoms with Crippen molar-refractivity contribution in [3.8, 4) is 0 Å². The summed E-state index contributed by atoms with van der Waals surface area (Å²) in [4.78, 5) is 11.8. The van der Waals surface area contributed by atoms with E-state index in [4.69, 9.17) is 4.74 Å². The molecule has 2 N–H and O–H groups in total. The van der Waals surface area contributed by atoms with Crippen LogP contribution in [0.3, 0.4) is 0 Å². The van der Waals surface area contributed by atoms with Gasteiger partial charge in [-0.15, -0.1) is 0 Å². The smallest absolute Gasteiger partial charge is 0.311 e. The van der Waals surface area contributed by atoms with E-state index < -0.39 is 17.6 Å². The second-order valence-corrected chi connectivity index (χ2v) is 5.21. The number of ether oxygens (including phenoxy) is 1. The predicted octanol–water partition coefficient (Wildman–Crippen LogP) is 1.24. The van der Waals surface area contributed by atoms with Crippen LogP contribution in [-0.2, 0) is 9.53 Å². The molecule has 0 amide bonds. The third-order valence-electron chi connectivity index (χ3n) is 3.44. The van der Waals surface area contributed by atoms with Crippen LogP contribution in [0.25, 0.3) is 0 Å². The van der Waals surface area contributed by atoms with Crippen LogP contribution < -0.4 is 0 Å². The fraction of sp³-hybridized carbons (Fsp3) is 0.917. The van der Waals surface area contributed by atoms with E-state index >= 15 is 0 Å². The Morgan fingerprint density at radius 3 is 2.44 bits per heavy atom. The average molecular weight is 230 g/mol. The minimum atomic E-state index is -0.767. The van der Waals surface area contributed by atoms with E-state index in [0.29, 0.717) is 19.3 Å². The second-order valence-electron chi connectivity index (χ2n) is 5.21. The molecular weight excluding hydrogens is 208 g/mol. The lowest BCUT2D eigenvalue weighted by Gasteiger charge is -2.32. The van der Waals surface area contributed by atoms with Gasteiger partial charge < -0.3 is 14.9 Å². The molecule has 0 radical (unpaired) electrons. The maximum absolute atomic E-state index is 11.8. The van der Waals surface area contributed by atoms with Crippen molar-refractivity contribution < 1.29 is 19.7 Å². The van der Waals surface area contributed by atoms with Crippen LogP contribution in [0.4, 0.5) is 0 Å². The molecule has 0 spiro atoms. The fourth-order valence-corrected chi connectivity index (χ4v) is 1.66. The van der Waals surface area contributed by atoms with Crippen LogP contribution in [0.15, 0.2) is 0 Å². The van der Waals surface area contributed by atoms with Crippen molar-refractivity contribution in [1.29, 1.82) is 0 Å². The molecule has 1 rings (SSSR count). The molecule has 0 aromatic carbocycles. The van der Waals surface area contributed by atoms with Crippen molar-refractivity contribution in [1.82, 2.24) is 0 Å². The summed E-state index contributed by atoms with van der Waals surface area (Å²) in [6.07, 6.45) is 0.494. The first-order valence-corrected chi connectivity index (χ1v) is 5.94. The van der Waals surface area contributed by atoms with E-state index in [1.165, 1.54) is 0 Å². The van der Waals surface area contributed by atoms with Crippen LogP contribution in [0.1, 0.15) is 46.5 Å². The molecule has 0 aliphatic heterocycles. The van der Waals surface area contributed by atoms with Crippen molar-refractivity contribution in [2.24, 2.45) is 5.41 Å². The number of esters is 1. The number of aliphatic hydroxyl groups excluding tert-OH is 2. The molecular formula is C12H22O4. The highest BCUT2D eigenvalue weighted by Gasteiger charge is 2.33. The van der Waals surface area contributed by atoms with Gasteiger partial charge in [-0.2, -0.15) is 0 Å². The van der Waals surface area contributed by atoms with Crippen LogP contribution in [0.5, 0.6) is 0 Å². The molecule has 1 aliphatic carbocycles. The molecule has 94 valence electrons. The van der Waals surface area contributed by atoms with Crippen LogP contribution in [0, 0.1) is 5.41 Å². The van der Waals surface area contributed by atoms with Gasteiger partial charge in [-0.05, 0) is 33.1 Å². The van der Waals surface area contributed by atoms with Gasteiger partial charge in [0.05, 0.1) is 17.6 Å². The molecule has 3 unspecified atom stereocenters. The Labute approximate surface area is 96.6 Å². The maximum Gasteiger partial charge on any atom is 0.311 e. The third-order valence-corrected chi connectivity index (χ3v) is 3.44. The first-order chi connectivity index (χ1) is 7.36. The normalized spacial score (nSPS) is 31.2. The quantitative estimate of drug-likeness (QED) is 0.716. The molecule has 1 fully saturated rings. The zero-order chi connectivity index (χ0) is 12.3. The Morgan fingerprint density at radius 2 is 1.94 bits per heavy atom. The van der Waals surface area contributed by atoms with E-state index in [-0.39, 0.29) is 12.1 Å². The minimum Gasteiger partial charge on any atom is -0.462 e. The van der Waals surface area contributed by atoms with Crippen molar-refractivity contribution in [3.05, 3.63) is 0 Å². The zero-order valence-electron chi connectivity index (χ0n) is 10.3. The van der Waals surface area contributed by atoms with Crippen LogP contribution >= 0.6 is 0 Å². The monoisotopic (exact) mass is 230 g/mol. The van der Waals surface area contributed by atoms with Crippen LogP contribution in [-0.4, -0.2) is 34.5 Å². The molecule has 1 saturated carbocycles. The predicted molar refractivity (Wildman–Crippen MR) is 59.8 cm³/mol. The summed E-state index contributed by atoms with van der Waals surface area (Å²) in [5.41, 5.74) is -0.471. The highest BCUT2D eigenvalue weighted by Crippen LogP contribution is 2.27. The van der Waals surface area contributed by atoms with E-state index in [9.17, 15) is 15.0 Å². The number of carbonyl (C=O) groups is 1. The summed E-state index contributed by atoms with van der Waals surface area (Å²) in [6.45, 7) is 5.65. The molecule has 4 nitrogen and oxygen atoms in total. The lowest BCUT2D eigenvalue weighted by molar-refractivity contribution is -0.165. The van der Waals surface area contributed by atoms with Gasteiger partial charge in [0.2, 0.25) is 0 Å². The second kappa shape index (κ2) is 5.15. The van der Waals surface area contributed by atoms with E-state index in [1.54, 1.807) is 0 Å². The number of carbonyl (C=O) groups excluding carboxylic acids is 1. The van der Waals surface area contributed by atoms with Gasteiger partial charge in [-0.3, -0.25) is 4.79 Å². The molecule has 16 heavy (non-hydrogen) atoms. The Balaban J connectivity index is 2.47. The molecule has 4 heteroatoms. The van der Waals surface area contributed by atoms with Gasteiger partial charge >= 0.3 is 5.97 Å². The van der Waals surface area contributed by atoms with Gasteiger partial charge in [0.1, 0.15) is 6.10 Å². The molecule has 0 aromatic heterocycles. The van der Waals surface area contributed by atoms with Gasteiger partial charge in [-0.25, -0.2) is 0 Å². The average Bonchev–Trinajstić information content (AvgIpc) is 2.23. The van der Waals surface area contributed by atoms with Gasteiger partial charge in [0, 0.05) is 6.42 Å². The molecule has 0 heterocycles. The summed E-state index contributed by atoms with van der Waals surface area (Å²) < 4.78 is 5.36. The highest BCUT2D eigenvalue weighted by molar-refractivity contribution is 5.76.